The lowest BCUT2D eigenvalue weighted by Crippen LogP contribution is -2.37. The Kier molecular flexibility index (Phi) is 5.74. The number of nitrogens with one attached hydrogen (secondary N) is 1. The molecule has 1 aliphatic heterocycles. The SMILES string of the molecule is COc1cc(C(=O)NCc2nc(OC)nc(N3CCOCC3)n2)ccn1. The fraction of sp³-hybridized carbons (Fsp3) is 0.438. The van der Waals surface area contributed by atoms with Gasteiger partial charge in [-0.25, -0.2) is 4.98 Å². The minimum Gasteiger partial charge on any atom is -0.481 e. The molecule has 1 aliphatic rings. The number of ether oxygens (including phenoxy) is 3. The molecule has 1 saturated heterocycles. The van der Waals surface area contributed by atoms with Gasteiger partial charge in [0.05, 0.1) is 34.0 Å². The smallest absolute Gasteiger partial charge is 0.321 e. The molecule has 3 rings (SSSR count). The zero-order chi connectivity index (χ0) is 18.4. The van der Waals surface area contributed by atoms with Gasteiger partial charge in [-0.15, -0.1) is 0 Å². The van der Waals surface area contributed by atoms with E-state index in [4.69, 9.17) is 14.2 Å². The minimum atomic E-state index is -0.280. The van der Waals surface area contributed by atoms with Crippen LogP contribution in [0.1, 0.15) is 16.2 Å². The lowest BCUT2D eigenvalue weighted by molar-refractivity contribution is 0.0949. The van der Waals surface area contributed by atoms with Crippen molar-refractivity contribution in [1.29, 1.82) is 0 Å². The van der Waals surface area contributed by atoms with E-state index in [0.29, 0.717) is 49.5 Å². The molecule has 0 atom stereocenters. The van der Waals surface area contributed by atoms with Gasteiger partial charge in [0.2, 0.25) is 11.8 Å². The molecule has 2 aromatic rings. The van der Waals surface area contributed by atoms with Gasteiger partial charge in [0.25, 0.3) is 5.91 Å². The summed E-state index contributed by atoms with van der Waals surface area (Å²) in [6.45, 7) is 2.75. The molecular formula is C16H20N6O4. The van der Waals surface area contributed by atoms with Crippen molar-refractivity contribution >= 4 is 11.9 Å². The van der Waals surface area contributed by atoms with Crippen molar-refractivity contribution in [3.8, 4) is 11.9 Å². The summed E-state index contributed by atoms with van der Waals surface area (Å²) in [5.74, 6) is 1.01. The fourth-order valence-electron chi connectivity index (χ4n) is 2.39. The molecule has 10 nitrogen and oxygen atoms in total. The van der Waals surface area contributed by atoms with E-state index in [2.05, 4.69) is 25.3 Å². The lowest BCUT2D eigenvalue weighted by Gasteiger charge is -2.26. The van der Waals surface area contributed by atoms with E-state index in [-0.39, 0.29) is 18.5 Å². The van der Waals surface area contributed by atoms with E-state index in [1.165, 1.54) is 20.4 Å². The summed E-state index contributed by atoms with van der Waals surface area (Å²) in [6, 6.07) is 3.37. The van der Waals surface area contributed by atoms with Crippen molar-refractivity contribution in [3.05, 3.63) is 29.7 Å². The number of carbonyl (C=O) groups excluding carboxylic acids is 1. The van der Waals surface area contributed by atoms with Gasteiger partial charge in [-0.2, -0.15) is 15.0 Å². The molecule has 26 heavy (non-hydrogen) atoms. The number of aromatic nitrogens is 4. The van der Waals surface area contributed by atoms with Gasteiger partial charge in [-0.05, 0) is 6.07 Å². The van der Waals surface area contributed by atoms with Crippen LogP contribution in [-0.4, -0.2) is 66.4 Å². The maximum Gasteiger partial charge on any atom is 0.321 e. The van der Waals surface area contributed by atoms with Crippen molar-refractivity contribution in [2.24, 2.45) is 0 Å². The van der Waals surface area contributed by atoms with Crippen LogP contribution in [-0.2, 0) is 11.3 Å². The number of hydrogen-bond donors (Lipinski definition) is 1. The summed E-state index contributed by atoms with van der Waals surface area (Å²) in [6.07, 6.45) is 1.51. The standard InChI is InChI=1S/C16H20N6O4/c1-24-13-9-11(3-4-17-13)14(23)18-10-12-19-15(21-16(20-12)25-2)22-5-7-26-8-6-22/h3-4,9H,5-8,10H2,1-2H3,(H,18,23). The van der Waals surface area contributed by atoms with Crippen LogP contribution in [0.4, 0.5) is 5.95 Å². The number of rotatable bonds is 6. The number of carbonyl (C=O) groups is 1. The van der Waals surface area contributed by atoms with E-state index in [0.717, 1.165) is 0 Å². The molecular weight excluding hydrogens is 340 g/mol. The van der Waals surface area contributed by atoms with Crippen LogP contribution in [0.5, 0.6) is 11.9 Å². The van der Waals surface area contributed by atoms with E-state index in [1.54, 1.807) is 12.1 Å². The fourth-order valence-corrected chi connectivity index (χ4v) is 2.39. The van der Waals surface area contributed by atoms with Crippen molar-refractivity contribution in [3.63, 3.8) is 0 Å². The first-order valence-corrected chi connectivity index (χ1v) is 8.09. The highest BCUT2D eigenvalue weighted by molar-refractivity contribution is 5.94. The molecule has 0 spiro atoms. The molecule has 1 N–H and O–H groups in total. The summed E-state index contributed by atoms with van der Waals surface area (Å²) in [4.78, 5) is 31.2. The molecule has 0 aliphatic carbocycles. The third-order valence-electron chi connectivity index (χ3n) is 3.74. The highest BCUT2D eigenvalue weighted by atomic mass is 16.5. The number of hydrogen-bond acceptors (Lipinski definition) is 9. The molecule has 0 aromatic carbocycles. The van der Waals surface area contributed by atoms with Gasteiger partial charge >= 0.3 is 6.01 Å². The Hall–Kier alpha value is -3.01. The van der Waals surface area contributed by atoms with E-state index >= 15 is 0 Å². The van der Waals surface area contributed by atoms with Gasteiger partial charge in [0.15, 0.2) is 5.82 Å². The molecule has 0 radical (unpaired) electrons. The largest absolute Gasteiger partial charge is 0.481 e. The van der Waals surface area contributed by atoms with Gasteiger partial charge in [-0.1, -0.05) is 0 Å². The zero-order valence-corrected chi connectivity index (χ0v) is 14.6. The molecule has 138 valence electrons. The second-order valence-electron chi connectivity index (χ2n) is 5.41. The van der Waals surface area contributed by atoms with Crippen LogP contribution in [0, 0.1) is 0 Å². The minimum absolute atomic E-state index is 0.139. The van der Waals surface area contributed by atoms with Crippen LogP contribution in [0.3, 0.4) is 0 Å². The Labute approximate surface area is 150 Å². The van der Waals surface area contributed by atoms with E-state index < -0.39 is 0 Å². The molecule has 2 aromatic heterocycles. The summed E-state index contributed by atoms with van der Waals surface area (Å²) >= 11 is 0. The monoisotopic (exact) mass is 360 g/mol. The van der Waals surface area contributed by atoms with Crippen LogP contribution < -0.4 is 19.7 Å². The Morgan fingerprint density at radius 1 is 1.23 bits per heavy atom. The Morgan fingerprint density at radius 3 is 2.77 bits per heavy atom. The molecule has 0 saturated carbocycles. The average Bonchev–Trinajstić information content (AvgIpc) is 2.72. The molecule has 1 amide bonds. The highest BCUT2D eigenvalue weighted by Crippen LogP contribution is 2.14. The van der Waals surface area contributed by atoms with Gasteiger partial charge in [-0.3, -0.25) is 4.79 Å². The second-order valence-corrected chi connectivity index (χ2v) is 5.41. The van der Waals surface area contributed by atoms with Crippen LogP contribution in [0.2, 0.25) is 0 Å². The number of methoxy groups -OCH3 is 2. The van der Waals surface area contributed by atoms with Crippen molar-refractivity contribution in [2.45, 2.75) is 6.54 Å². The molecule has 10 heteroatoms. The van der Waals surface area contributed by atoms with Crippen molar-refractivity contribution in [1.82, 2.24) is 25.3 Å². The van der Waals surface area contributed by atoms with Crippen molar-refractivity contribution in [2.75, 3.05) is 45.4 Å². The van der Waals surface area contributed by atoms with Gasteiger partial charge in [0, 0.05) is 30.9 Å². The summed E-state index contributed by atoms with van der Waals surface area (Å²) in [5, 5.41) is 2.77. The van der Waals surface area contributed by atoms with E-state index in [1.807, 2.05) is 4.90 Å². The first-order valence-electron chi connectivity index (χ1n) is 8.09. The van der Waals surface area contributed by atoms with Crippen LogP contribution in [0.25, 0.3) is 0 Å². The normalized spacial score (nSPS) is 14.0. The van der Waals surface area contributed by atoms with Gasteiger partial charge in [0.1, 0.15) is 0 Å². The quantitative estimate of drug-likeness (QED) is 0.763. The third-order valence-corrected chi connectivity index (χ3v) is 3.74. The first-order chi connectivity index (χ1) is 12.7. The summed E-state index contributed by atoms with van der Waals surface area (Å²) in [5.41, 5.74) is 0.436. The molecule has 3 heterocycles. The first kappa shape index (κ1) is 17.8. The number of morpholine rings is 1. The molecule has 0 unspecified atom stereocenters. The van der Waals surface area contributed by atoms with Crippen molar-refractivity contribution < 1.29 is 19.0 Å². The summed E-state index contributed by atoms with van der Waals surface area (Å²) in [7, 11) is 2.98. The Balaban J connectivity index is 1.71. The van der Waals surface area contributed by atoms with E-state index in [9.17, 15) is 4.79 Å². The predicted octanol–water partition coefficient (Wildman–Crippen LogP) is 0.0504. The number of amides is 1. The Bertz CT molecular complexity index is 766. The van der Waals surface area contributed by atoms with Crippen LogP contribution in [0.15, 0.2) is 18.3 Å². The van der Waals surface area contributed by atoms with Crippen LogP contribution >= 0.6 is 0 Å². The molecule has 1 fully saturated rings. The second kappa shape index (κ2) is 8.39. The Morgan fingerprint density at radius 2 is 2.04 bits per heavy atom. The number of pyridine rings is 1. The molecule has 0 bridgehead atoms. The number of anilines is 1. The maximum absolute atomic E-state index is 12.3. The average molecular weight is 360 g/mol. The van der Waals surface area contributed by atoms with Gasteiger partial charge < -0.3 is 24.4 Å². The maximum atomic E-state index is 12.3. The highest BCUT2D eigenvalue weighted by Gasteiger charge is 2.17. The topological polar surface area (TPSA) is 112 Å². The lowest BCUT2D eigenvalue weighted by atomic mass is 10.2. The third kappa shape index (κ3) is 4.33. The zero-order valence-electron chi connectivity index (χ0n) is 14.6. The summed E-state index contributed by atoms with van der Waals surface area (Å²) < 4.78 is 15.5. The number of nitrogens with zero attached hydrogens (tertiary/aromatic N) is 5. The predicted molar refractivity (Wildman–Crippen MR) is 91.4 cm³/mol.